The van der Waals surface area contributed by atoms with Gasteiger partial charge in [-0.2, -0.15) is 0 Å². The maximum Gasteiger partial charge on any atom is 0.414 e. The number of anilines is 1. The standard InChI is InChI=1S/C15H18N2O4/c1-20-14(18)16-8-13-9-17(15(19)21-13)12-6-5-10-3-2-4-11(10)7-12/h5-7,13H,2-4,8-9H2,1H3,(H,16,18). The van der Waals surface area contributed by atoms with Gasteiger partial charge in [-0.25, -0.2) is 9.59 Å². The summed E-state index contributed by atoms with van der Waals surface area (Å²) in [6.07, 6.45) is 2.11. The van der Waals surface area contributed by atoms with E-state index in [4.69, 9.17) is 4.74 Å². The van der Waals surface area contributed by atoms with Crippen LogP contribution in [0.2, 0.25) is 0 Å². The lowest BCUT2D eigenvalue weighted by Gasteiger charge is -2.14. The normalized spacial score (nSPS) is 20.1. The lowest BCUT2D eigenvalue weighted by Crippen LogP contribution is -2.34. The largest absolute Gasteiger partial charge is 0.453 e. The predicted octanol–water partition coefficient (Wildman–Crippen LogP) is 1.86. The molecular weight excluding hydrogens is 272 g/mol. The molecule has 6 heteroatoms. The third-order valence-electron chi connectivity index (χ3n) is 3.93. The van der Waals surface area contributed by atoms with Crippen molar-refractivity contribution in [2.75, 3.05) is 25.1 Å². The molecule has 1 unspecified atom stereocenters. The van der Waals surface area contributed by atoms with Crippen LogP contribution in [0.25, 0.3) is 0 Å². The van der Waals surface area contributed by atoms with Crippen molar-refractivity contribution in [1.29, 1.82) is 0 Å². The van der Waals surface area contributed by atoms with Gasteiger partial charge in [0, 0.05) is 5.69 Å². The lowest BCUT2D eigenvalue weighted by molar-refractivity contribution is 0.132. The van der Waals surface area contributed by atoms with Crippen molar-refractivity contribution >= 4 is 17.9 Å². The number of hydrogen-bond donors (Lipinski definition) is 1. The lowest BCUT2D eigenvalue weighted by atomic mass is 10.1. The number of alkyl carbamates (subject to hydrolysis) is 1. The second-order valence-electron chi connectivity index (χ2n) is 5.30. The molecule has 0 saturated carbocycles. The number of carbonyl (C=O) groups excluding carboxylic acids is 2. The van der Waals surface area contributed by atoms with E-state index < -0.39 is 6.09 Å². The molecule has 6 nitrogen and oxygen atoms in total. The zero-order valence-corrected chi connectivity index (χ0v) is 11.9. The molecule has 1 fully saturated rings. The average Bonchev–Trinajstić information content (AvgIpc) is 3.10. The Balaban J connectivity index is 1.66. The second-order valence-corrected chi connectivity index (χ2v) is 5.30. The minimum Gasteiger partial charge on any atom is -0.453 e. The molecule has 2 amide bonds. The molecule has 1 aromatic carbocycles. The topological polar surface area (TPSA) is 67.9 Å². The molecule has 1 saturated heterocycles. The minimum atomic E-state index is -0.526. The van der Waals surface area contributed by atoms with Gasteiger partial charge in [0.15, 0.2) is 0 Å². The molecule has 1 atom stereocenters. The minimum absolute atomic E-state index is 0.250. The van der Waals surface area contributed by atoms with Crippen molar-refractivity contribution in [2.45, 2.75) is 25.4 Å². The first-order valence-corrected chi connectivity index (χ1v) is 7.09. The molecule has 0 bridgehead atoms. The van der Waals surface area contributed by atoms with Gasteiger partial charge in [0.05, 0.1) is 20.2 Å². The summed E-state index contributed by atoms with van der Waals surface area (Å²) in [4.78, 5) is 24.6. The Morgan fingerprint density at radius 1 is 1.43 bits per heavy atom. The van der Waals surface area contributed by atoms with E-state index in [1.807, 2.05) is 6.07 Å². The third kappa shape index (κ3) is 2.79. The summed E-state index contributed by atoms with van der Waals surface area (Å²) in [6, 6.07) is 6.12. The number of nitrogens with zero attached hydrogens (tertiary/aromatic N) is 1. The molecule has 1 aliphatic carbocycles. The van der Waals surface area contributed by atoms with Crippen LogP contribution in [0.3, 0.4) is 0 Å². The molecular formula is C15H18N2O4. The monoisotopic (exact) mass is 290 g/mol. The van der Waals surface area contributed by atoms with Gasteiger partial charge in [-0.1, -0.05) is 6.07 Å². The third-order valence-corrected chi connectivity index (χ3v) is 3.93. The van der Waals surface area contributed by atoms with Crippen LogP contribution in [0.1, 0.15) is 17.5 Å². The molecule has 2 aliphatic rings. The van der Waals surface area contributed by atoms with E-state index in [1.165, 1.54) is 24.7 Å². The highest BCUT2D eigenvalue weighted by Crippen LogP contribution is 2.29. The first kappa shape index (κ1) is 13.7. The van der Waals surface area contributed by atoms with Crippen molar-refractivity contribution in [2.24, 2.45) is 0 Å². The van der Waals surface area contributed by atoms with Crippen molar-refractivity contribution in [1.82, 2.24) is 5.32 Å². The molecule has 1 aliphatic heterocycles. The Morgan fingerprint density at radius 3 is 3.05 bits per heavy atom. The number of benzene rings is 1. The Bertz CT molecular complexity index is 573. The van der Waals surface area contributed by atoms with Crippen molar-refractivity contribution in [3.8, 4) is 0 Å². The number of hydrogen-bond acceptors (Lipinski definition) is 4. The summed E-state index contributed by atoms with van der Waals surface area (Å²) in [5.41, 5.74) is 3.55. The highest BCUT2D eigenvalue weighted by Gasteiger charge is 2.33. The smallest absolute Gasteiger partial charge is 0.414 e. The van der Waals surface area contributed by atoms with E-state index in [2.05, 4.69) is 22.2 Å². The van der Waals surface area contributed by atoms with Gasteiger partial charge >= 0.3 is 12.2 Å². The molecule has 1 N–H and O–H groups in total. The summed E-state index contributed by atoms with van der Waals surface area (Å²) < 4.78 is 9.75. The first-order chi connectivity index (χ1) is 10.2. The number of nitrogens with one attached hydrogen (secondary N) is 1. The van der Waals surface area contributed by atoms with Crippen LogP contribution < -0.4 is 10.2 Å². The summed E-state index contributed by atoms with van der Waals surface area (Å²) in [6.45, 7) is 0.682. The number of aryl methyl sites for hydroxylation is 2. The van der Waals surface area contributed by atoms with Gasteiger partial charge in [0.2, 0.25) is 0 Å². The van der Waals surface area contributed by atoms with E-state index >= 15 is 0 Å². The Hall–Kier alpha value is -2.24. The van der Waals surface area contributed by atoms with Crippen LogP contribution in [0.5, 0.6) is 0 Å². The average molecular weight is 290 g/mol. The fraction of sp³-hybridized carbons (Fsp3) is 0.467. The van der Waals surface area contributed by atoms with E-state index in [1.54, 1.807) is 4.90 Å². The summed E-state index contributed by atoms with van der Waals surface area (Å²) in [5, 5.41) is 2.54. The second kappa shape index (κ2) is 5.63. The van der Waals surface area contributed by atoms with Crippen molar-refractivity contribution < 1.29 is 19.1 Å². The molecule has 0 radical (unpaired) electrons. The Labute approximate surface area is 123 Å². The number of rotatable bonds is 3. The van der Waals surface area contributed by atoms with Crippen LogP contribution in [0, 0.1) is 0 Å². The van der Waals surface area contributed by atoms with Crippen LogP contribution in [-0.4, -0.2) is 38.5 Å². The molecule has 0 aromatic heterocycles. The number of carbonyl (C=O) groups is 2. The van der Waals surface area contributed by atoms with Gasteiger partial charge in [-0.05, 0) is 42.5 Å². The van der Waals surface area contributed by atoms with Gasteiger partial charge in [-0.15, -0.1) is 0 Å². The SMILES string of the molecule is COC(=O)NCC1CN(c2ccc3c(c2)CCC3)C(=O)O1. The Kier molecular flexibility index (Phi) is 3.68. The highest BCUT2D eigenvalue weighted by molar-refractivity contribution is 5.90. The quantitative estimate of drug-likeness (QED) is 0.922. The molecule has 0 spiro atoms. The first-order valence-electron chi connectivity index (χ1n) is 7.09. The van der Waals surface area contributed by atoms with Gasteiger partial charge < -0.3 is 14.8 Å². The highest BCUT2D eigenvalue weighted by atomic mass is 16.6. The van der Waals surface area contributed by atoms with Crippen molar-refractivity contribution in [3.63, 3.8) is 0 Å². The zero-order valence-electron chi connectivity index (χ0n) is 11.9. The maximum absolute atomic E-state index is 12.0. The van der Waals surface area contributed by atoms with Gasteiger partial charge in [0.1, 0.15) is 6.10 Å². The molecule has 1 aromatic rings. The van der Waals surface area contributed by atoms with Crippen LogP contribution >= 0.6 is 0 Å². The summed E-state index contributed by atoms with van der Waals surface area (Å²) in [5.74, 6) is 0. The number of fused-ring (bicyclic) bond motifs is 1. The van der Waals surface area contributed by atoms with Gasteiger partial charge in [-0.3, -0.25) is 4.90 Å². The van der Waals surface area contributed by atoms with Gasteiger partial charge in [0.25, 0.3) is 0 Å². The van der Waals surface area contributed by atoms with Crippen LogP contribution in [-0.2, 0) is 22.3 Å². The molecule has 3 rings (SSSR count). The van der Waals surface area contributed by atoms with E-state index in [-0.39, 0.29) is 18.7 Å². The Morgan fingerprint density at radius 2 is 2.24 bits per heavy atom. The predicted molar refractivity (Wildman–Crippen MR) is 76.5 cm³/mol. The van der Waals surface area contributed by atoms with E-state index in [0.717, 1.165) is 18.5 Å². The molecule has 21 heavy (non-hydrogen) atoms. The number of amides is 2. The van der Waals surface area contributed by atoms with Crippen molar-refractivity contribution in [3.05, 3.63) is 29.3 Å². The van der Waals surface area contributed by atoms with E-state index in [0.29, 0.717) is 6.54 Å². The fourth-order valence-electron chi connectivity index (χ4n) is 2.83. The van der Waals surface area contributed by atoms with Crippen LogP contribution in [0.4, 0.5) is 15.3 Å². The number of methoxy groups -OCH3 is 1. The zero-order chi connectivity index (χ0) is 14.8. The van der Waals surface area contributed by atoms with E-state index in [9.17, 15) is 9.59 Å². The summed E-state index contributed by atoms with van der Waals surface area (Å²) in [7, 11) is 1.30. The van der Waals surface area contributed by atoms with Crippen LogP contribution in [0.15, 0.2) is 18.2 Å². The fourth-order valence-corrected chi connectivity index (χ4v) is 2.83. The number of ether oxygens (including phenoxy) is 2. The number of cyclic esters (lactones) is 1. The molecule has 112 valence electrons. The maximum atomic E-state index is 12.0. The molecule has 1 heterocycles. The summed E-state index contributed by atoms with van der Waals surface area (Å²) >= 11 is 0.